The molecule has 1 aliphatic rings. The van der Waals surface area contributed by atoms with Crippen LogP contribution in [-0.2, 0) is 25.3 Å². The zero-order valence-corrected chi connectivity index (χ0v) is 18.2. The highest BCUT2D eigenvalue weighted by molar-refractivity contribution is 6.74. The predicted molar refractivity (Wildman–Crippen MR) is 106 cm³/mol. The molecule has 1 heterocycles. The molecule has 1 saturated heterocycles. The van der Waals surface area contributed by atoms with Crippen LogP contribution < -0.4 is 0 Å². The van der Waals surface area contributed by atoms with Crippen molar-refractivity contribution in [3.8, 4) is 0 Å². The van der Waals surface area contributed by atoms with Gasteiger partial charge in [0.15, 0.2) is 8.32 Å². The maximum absolute atomic E-state index is 12.6. The number of carbonyl (C=O) groups is 2. The van der Waals surface area contributed by atoms with Crippen molar-refractivity contribution in [2.24, 2.45) is 0 Å². The summed E-state index contributed by atoms with van der Waals surface area (Å²) in [5, 5.41) is 0.0506. The van der Waals surface area contributed by atoms with Gasteiger partial charge in [0.2, 0.25) is 0 Å². The number of nitrogens with zero attached hydrogens (tertiary/aromatic N) is 1. The van der Waals surface area contributed by atoms with Gasteiger partial charge in [0.25, 0.3) is 0 Å². The number of likely N-dealkylation sites (tertiary alicyclic amines) is 1. The van der Waals surface area contributed by atoms with E-state index in [1.807, 2.05) is 30.3 Å². The summed E-state index contributed by atoms with van der Waals surface area (Å²) in [6, 6.07) is 8.78. The molecule has 0 radical (unpaired) electrons. The molecule has 0 aliphatic carbocycles. The van der Waals surface area contributed by atoms with Crippen molar-refractivity contribution in [3.63, 3.8) is 0 Å². The molecule has 1 aliphatic heterocycles. The summed E-state index contributed by atoms with van der Waals surface area (Å²) < 4.78 is 16.7. The molecule has 0 bridgehead atoms. The summed E-state index contributed by atoms with van der Waals surface area (Å²) in [7, 11) is -0.680. The third kappa shape index (κ3) is 5.32. The second-order valence-electron chi connectivity index (χ2n) is 8.47. The largest absolute Gasteiger partial charge is 0.467 e. The van der Waals surface area contributed by atoms with Gasteiger partial charge in [-0.05, 0) is 23.7 Å². The van der Waals surface area contributed by atoms with Crippen molar-refractivity contribution in [1.82, 2.24) is 4.90 Å². The van der Waals surface area contributed by atoms with Crippen LogP contribution in [0.1, 0.15) is 32.8 Å². The van der Waals surface area contributed by atoms with Gasteiger partial charge in [-0.1, -0.05) is 51.1 Å². The zero-order chi connectivity index (χ0) is 20.2. The van der Waals surface area contributed by atoms with Gasteiger partial charge in [-0.3, -0.25) is 4.90 Å². The molecular formula is C20H31NO5Si. The Kier molecular flexibility index (Phi) is 6.70. The van der Waals surface area contributed by atoms with Crippen molar-refractivity contribution < 1.29 is 23.5 Å². The summed E-state index contributed by atoms with van der Waals surface area (Å²) in [6.45, 7) is 11.3. The van der Waals surface area contributed by atoms with Crippen molar-refractivity contribution in [1.29, 1.82) is 0 Å². The number of hydrogen-bond acceptors (Lipinski definition) is 5. The highest BCUT2D eigenvalue weighted by Gasteiger charge is 2.46. The Balaban J connectivity index is 2.06. The van der Waals surface area contributed by atoms with E-state index in [0.29, 0.717) is 13.0 Å². The molecule has 1 fully saturated rings. The Bertz CT molecular complexity index is 656. The quantitative estimate of drug-likeness (QED) is 0.560. The van der Waals surface area contributed by atoms with Crippen LogP contribution in [0.5, 0.6) is 0 Å². The smallest absolute Gasteiger partial charge is 0.410 e. The lowest BCUT2D eigenvalue weighted by molar-refractivity contribution is -0.145. The minimum Gasteiger partial charge on any atom is -0.467 e. The van der Waals surface area contributed by atoms with Crippen LogP contribution in [0, 0.1) is 0 Å². The average Bonchev–Trinajstić information content (AvgIpc) is 3.02. The van der Waals surface area contributed by atoms with Gasteiger partial charge in [0.1, 0.15) is 12.6 Å². The molecule has 1 amide bonds. The SMILES string of the molecule is COC(=O)[C@H]1CC(O[Si](C)(C)C(C)(C)C)CN1C(=O)OCc1ccccc1. The molecule has 1 unspecified atom stereocenters. The molecule has 1 aromatic rings. The first-order valence-electron chi connectivity index (χ1n) is 9.28. The Morgan fingerprint density at radius 3 is 2.37 bits per heavy atom. The predicted octanol–water partition coefficient (Wildman–Crippen LogP) is 3.96. The first-order valence-corrected chi connectivity index (χ1v) is 12.2. The van der Waals surface area contributed by atoms with E-state index in [1.54, 1.807) is 0 Å². The number of esters is 1. The maximum Gasteiger partial charge on any atom is 0.410 e. The lowest BCUT2D eigenvalue weighted by Crippen LogP contribution is -2.45. The Labute approximate surface area is 162 Å². The van der Waals surface area contributed by atoms with E-state index in [2.05, 4.69) is 33.9 Å². The summed E-state index contributed by atoms with van der Waals surface area (Å²) in [5.41, 5.74) is 0.897. The average molecular weight is 394 g/mol. The van der Waals surface area contributed by atoms with Gasteiger partial charge in [-0.2, -0.15) is 0 Å². The van der Waals surface area contributed by atoms with Crippen LogP contribution in [0.3, 0.4) is 0 Å². The molecule has 0 spiro atoms. The number of methoxy groups -OCH3 is 1. The molecule has 2 rings (SSSR count). The highest BCUT2D eigenvalue weighted by atomic mass is 28.4. The fraction of sp³-hybridized carbons (Fsp3) is 0.600. The topological polar surface area (TPSA) is 65.1 Å². The zero-order valence-electron chi connectivity index (χ0n) is 17.2. The third-order valence-electron chi connectivity index (χ3n) is 5.44. The van der Waals surface area contributed by atoms with Gasteiger partial charge in [0, 0.05) is 13.0 Å². The molecule has 2 atom stereocenters. The van der Waals surface area contributed by atoms with Crippen LogP contribution >= 0.6 is 0 Å². The van der Waals surface area contributed by atoms with Crippen LogP contribution in [-0.4, -0.2) is 51.1 Å². The second-order valence-corrected chi connectivity index (χ2v) is 13.2. The lowest BCUT2D eigenvalue weighted by atomic mass is 10.2. The van der Waals surface area contributed by atoms with E-state index in [0.717, 1.165) is 5.56 Å². The highest BCUT2D eigenvalue weighted by Crippen LogP contribution is 2.39. The molecule has 7 heteroatoms. The minimum absolute atomic E-state index is 0.0506. The number of amides is 1. The van der Waals surface area contributed by atoms with Gasteiger partial charge in [0.05, 0.1) is 13.2 Å². The van der Waals surface area contributed by atoms with E-state index in [9.17, 15) is 9.59 Å². The normalized spacial score (nSPS) is 20.4. The molecule has 150 valence electrons. The third-order valence-corrected chi connectivity index (χ3v) is 9.98. The van der Waals surface area contributed by atoms with E-state index >= 15 is 0 Å². The van der Waals surface area contributed by atoms with Crippen molar-refractivity contribution in [2.75, 3.05) is 13.7 Å². The summed E-state index contributed by atoms with van der Waals surface area (Å²) in [4.78, 5) is 26.2. The van der Waals surface area contributed by atoms with Crippen molar-refractivity contribution in [3.05, 3.63) is 35.9 Å². The fourth-order valence-electron chi connectivity index (χ4n) is 2.84. The first kappa shape index (κ1) is 21.4. The van der Waals surface area contributed by atoms with Crippen LogP contribution in [0.4, 0.5) is 4.79 Å². The van der Waals surface area contributed by atoms with Gasteiger partial charge < -0.3 is 13.9 Å². The number of benzene rings is 1. The van der Waals surface area contributed by atoms with Gasteiger partial charge in [-0.25, -0.2) is 9.59 Å². The maximum atomic E-state index is 12.6. The molecule has 0 N–H and O–H groups in total. The summed E-state index contributed by atoms with van der Waals surface area (Å²) >= 11 is 0. The Hall–Kier alpha value is -1.86. The molecule has 1 aromatic carbocycles. The second kappa shape index (κ2) is 8.44. The molecule has 0 aromatic heterocycles. The standard InChI is InChI=1S/C20H31NO5Si/c1-20(2,3)27(5,6)26-16-12-17(18(22)24-4)21(13-16)19(23)25-14-15-10-8-7-9-11-15/h7-11,16-17H,12-14H2,1-6H3/t16?,17-/m1/s1. The molecule has 27 heavy (non-hydrogen) atoms. The monoisotopic (exact) mass is 393 g/mol. The lowest BCUT2D eigenvalue weighted by Gasteiger charge is -2.38. The minimum atomic E-state index is -2.01. The number of rotatable bonds is 5. The molecule has 6 nitrogen and oxygen atoms in total. The van der Waals surface area contributed by atoms with Crippen molar-refractivity contribution in [2.45, 2.75) is 64.1 Å². The summed E-state index contributed by atoms with van der Waals surface area (Å²) in [5.74, 6) is -0.437. The van der Waals surface area contributed by atoms with Crippen LogP contribution in [0.25, 0.3) is 0 Å². The van der Waals surface area contributed by atoms with E-state index in [-0.39, 0.29) is 17.7 Å². The van der Waals surface area contributed by atoms with Gasteiger partial charge in [-0.15, -0.1) is 0 Å². The van der Waals surface area contributed by atoms with E-state index < -0.39 is 26.4 Å². The van der Waals surface area contributed by atoms with E-state index in [4.69, 9.17) is 13.9 Å². The van der Waals surface area contributed by atoms with Crippen LogP contribution in [0.15, 0.2) is 30.3 Å². The molecular weight excluding hydrogens is 362 g/mol. The number of ether oxygens (including phenoxy) is 2. The fourth-order valence-corrected chi connectivity index (χ4v) is 4.20. The first-order chi connectivity index (χ1) is 12.5. The number of hydrogen-bond donors (Lipinski definition) is 0. The Morgan fingerprint density at radius 2 is 1.81 bits per heavy atom. The van der Waals surface area contributed by atoms with E-state index in [1.165, 1.54) is 12.0 Å². The Morgan fingerprint density at radius 1 is 1.19 bits per heavy atom. The number of carbonyl (C=O) groups excluding carboxylic acids is 2. The summed E-state index contributed by atoms with van der Waals surface area (Å²) in [6.07, 6.45) is -0.283. The molecule has 0 saturated carbocycles. The van der Waals surface area contributed by atoms with Crippen molar-refractivity contribution >= 4 is 20.4 Å². The van der Waals surface area contributed by atoms with Gasteiger partial charge >= 0.3 is 12.1 Å². The van der Waals surface area contributed by atoms with Crippen LogP contribution in [0.2, 0.25) is 18.1 Å².